The maximum absolute atomic E-state index is 13.7. The molecule has 1 unspecified atom stereocenters. The summed E-state index contributed by atoms with van der Waals surface area (Å²) >= 11 is 3.32. The van der Waals surface area contributed by atoms with Gasteiger partial charge in [0, 0.05) is 28.3 Å². The summed E-state index contributed by atoms with van der Waals surface area (Å²) in [5, 5.41) is 4.14. The quantitative estimate of drug-likeness (QED) is 0.947. The highest BCUT2D eigenvalue weighted by molar-refractivity contribution is 9.10. The fourth-order valence-corrected chi connectivity index (χ4v) is 2.28. The van der Waals surface area contributed by atoms with Crippen LogP contribution in [0.3, 0.4) is 0 Å². The Morgan fingerprint density at radius 2 is 2.29 bits per heavy atom. The van der Waals surface area contributed by atoms with Gasteiger partial charge in [0.2, 0.25) is 0 Å². The van der Waals surface area contributed by atoms with E-state index in [0.29, 0.717) is 10.0 Å². The van der Waals surface area contributed by atoms with Crippen molar-refractivity contribution in [3.05, 3.63) is 52.0 Å². The summed E-state index contributed by atoms with van der Waals surface area (Å²) in [7, 11) is 0. The third-order valence-corrected chi connectivity index (χ3v) is 3.34. The Kier molecular flexibility index (Phi) is 3.59. The first-order valence-corrected chi connectivity index (χ1v) is 6.14. The van der Waals surface area contributed by atoms with Gasteiger partial charge in [-0.05, 0) is 19.1 Å². The van der Waals surface area contributed by atoms with Crippen LogP contribution in [0.1, 0.15) is 24.1 Å². The molecule has 0 fully saturated rings. The van der Waals surface area contributed by atoms with E-state index in [2.05, 4.69) is 21.0 Å². The van der Waals surface area contributed by atoms with Gasteiger partial charge in [-0.1, -0.05) is 22.0 Å². The van der Waals surface area contributed by atoms with Crippen molar-refractivity contribution in [3.63, 3.8) is 0 Å². The molecule has 0 spiro atoms. The smallest absolute Gasteiger partial charge is 0.129 e. The minimum absolute atomic E-state index is 0.309. The largest absolute Gasteiger partial charge is 0.320 e. The number of aromatic nitrogens is 2. The van der Waals surface area contributed by atoms with Crippen LogP contribution in [0.15, 0.2) is 35.1 Å². The molecule has 0 aliphatic carbocycles. The first kappa shape index (κ1) is 12.3. The van der Waals surface area contributed by atoms with Crippen molar-refractivity contribution in [1.29, 1.82) is 0 Å². The monoisotopic (exact) mass is 297 g/mol. The lowest BCUT2D eigenvalue weighted by molar-refractivity contribution is 0.597. The van der Waals surface area contributed by atoms with Gasteiger partial charge in [-0.2, -0.15) is 5.10 Å². The number of nitrogens with zero attached hydrogens (tertiary/aromatic N) is 2. The topological polar surface area (TPSA) is 43.8 Å². The van der Waals surface area contributed by atoms with E-state index >= 15 is 0 Å². The Bertz CT molecular complexity index is 504. The molecular formula is C12H13BrFN3. The van der Waals surface area contributed by atoms with E-state index in [0.717, 1.165) is 12.1 Å². The van der Waals surface area contributed by atoms with Crippen molar-refractivity contribution in [2.24, 2.45) is 5.73 Å². The minimum Gasteiger partial charge on any atom is -0.320 e. The van der Waals surface area contributed by atoms with Crippen LogP contribution in [-0.2, 0) is 6.54 Å². The van der Waals surface area contributed by atoms with Gasteiger partial charge in [0.15, 0.2) is 0 Å². The van der Waals surface area contributed by atoms with Crippen molar-refractivity contribution in [2.45, 2.75) is 19.5 Å². The summed E-state index contributed by atoms with van der Waals surface area (Å²) in [4.78, 5) is 0. The number of benzene rings is 1. The molecule has 0 saturated carbocycles. The number of aryl methyl sites for hydroxylation is 1. The molecule has 17 heavy (non-hydrogen) atoms. The molecule has 0 aliphatic rings. The SMILES string of the molecule is CCn1cc(C(N)c2c(F)cccc2Br)cn1. The minimum atomic E-state index is -0.508. The molecule has 2 rings (SSSR count). The van der Waals surface area contributed by atoms with Crippen LogP contribution in [0.25, 0.3) is 0 Å². The van der Waals surface area contributed by atoms with E-state index < -0.39 is 6.04 Å². The van der Waals surface area contributed by atoms with Crippen LogP contribution in [0.5, 0.6) is 0 Å². The molecule has 3 nitrogen and oxygen atoms in total. The lowest BCUT2D eigenvalue weighted by Gasteiger charge is -2.12. The van der Waals surface area contributed by atoms with Crippen molar-refractivity contribution in [3.8, 4) is 0 Å². The van der Waals surface area contributed by atoms with Gasteiger partial charge in [-0.3, -0.25) is 4.68 Å². The van der Waals surface area contributed by atoms with Gasteiger partial charge in [0.25, 0.3) is 0 Å². The van der Waals surface area contributed by atoms with E-state index in [1.807, 2.05) is 13.1 Å². The first-order chi connectivity index (χ1) is 8.13. The molecule has 0 radical (unpaired) electrons. The normalized spacial score (nSPS) is 12.7. The van der Waals surface area contributed by atoms with Gasteiger partial charge < -0.3 is 5.73 Å². The number of rotatable bonds is 3. The molecule has 1 aromatic heterocycles. The molecule has 1 heterocycles. The average Bonchev–Trinajstić information content (AvgIpc) is 2.77. The van der Waals surface area contributed by atoms with Crippen LogP contribution < -0.4 is 5.73 Å². The molecule has 0 saturated heterocycles. The molecular weight excluding hydrogens is 285 g/mol. The number of hydrogen-bond donors (Lipinski definition) is 1. The first-order valence-electron chi connectivity index (χ1n) is 5.35. The van der Waals surface area contributed by atoms with Crippen molar-refractivity contribution >= 4 is 15.9 Å². The van der Waals surface area contributed by atoms with Crippen LogP contribution >= 0.6 is 15.9 Å². The van der Waals surface area contributed by atoms with Crippen LogP contribution in [0.4, 0.5) is 4.39 Å². The molecule has 2 N–H and O–H groups in total. The standard InChI is InChI=1S/C12H13BrFN3/c1-2-17-7-8(6-16-17)12(15)11-9(13)4-3-5-10(11)14/h3-7,12H,2,15H2,1H3. The van der Waals surface area contributed by atoms with Gasteiger partial charge in [-0.25, -0.2) is 4.39 Å². The van der Waals surface area contributed by atoms with Crippen LogP contribution in [0, 0.1) is 5.82 Å². The number of halogens is 2. The van der Waals surface area contributed by atoms with E-state index in [4.69, 9.17) is 5.73 Å². The highest BCUT2D eigenvalue weighted by Crippen LogP contribution is 2.28. The summed E-state index contributed by atoms with van der Waals surface area (Å²) in [5.74, 6) is -0.309. The summed E-state index contributed by atoms with van der Waals surface area (Å²) in [6.45, 7) is 2.76. The van der Waals surface area contributed by atoms with E-state index in [1.165, 1.54) is 6.07 Å². The van der Waals surface area contributed by atoms with Crippen molar-refractivity contribution < 1.29 is 4.39 Å². The molecule has 0 aliphatic heterocycles. The van der Waals surface area contributed by atoms with E-state index in [-0.39, 0.29) is 5.82 Å². The van der Waals surface area contributed by atoms with E-state index in [1.54, 1.807) is 23.0 Å². The number of nitrogens with two attached hydrogens (primary N) is 1. The third-order valence-electron chi connectivity index (χ3n) is 2.65. The van der Waals surface area contributed by atoms with Crippen molar-refractivity contribution in [1.82, 2.24) is 9.78 Å². The molecule has 0 amide bonds. The number of hydrogen-bond acceptors (Lipinski definition) is 2. The predicted molar refractivity (Wildman–Crippen MR) is 68.0 cm³/mol. The Balaban J connectivity index is 2.39. The van der Waals surface area contributed by atoms with Crippen LogP contribution in [-0.4, -0.2) is 9.78 Å². The third kappa shape index (κ3) is 2.40. The fraction of sp³-hybridized carbons (Fsp3) is 0.250. The van der Waals surface area contributed by atoms with Crippen molar-refractivity contribution in [2.75, 3.05) is 0 Å². The summed E-state index contributed by atoms with van der Waals surface area (Å²) in [6, 6.07) is 4.32. The molecule has 5 heteroatoms. The Hall–Kier alpha value is -1.20. The maximum atomic E-state index is 13.7. The Morgan fingerprint density at radius 1 is 1.53 bits per heavy atom. The summed E-state index contributed by atoms with van der Waals surface area (Å²) in [6.07, 6.45) is 3.51. The second-order valence-electron chi connectivity index (χ2n) is 3.74. The highest BCUT2D eigenvalue weighted by Gasteiger charge is 2.17. The predicted octanol–water partition coefficient (Wildman–Crippen LogP) is 2.85. The zero-order valence-corrected chi connectivity index (χ0v) is 11.0. The second kappa shape index (κ2) is 4.98. The van der Waals surface area contributed by atoms with Gasteiger partial charge in [0.05, 0.1) is 12.2 Å². The zero-order chi connectivity index (χ0) is 12.4. The molecule has 90 valence electrons. The maximum Gasteiger partial charge on any atom is 0.129 e. The molecule has 0 bridgehead atoms. The Labute approximate surface area is 108 Å². The average molecular weight is 298 g/mol. The summed E-state index contributed by atoms with van der Waals surface area (Å²) in [5.41, 5.74) is 7.33. The molecule has 2 aromatic rings. The molecule has 1 aromatic carbocycles. The van der Waals surface area contributed by atoms with Gasteiger partial charge in [-0.15, -0.1) is 0 Å². The van der Waals surface area contributed by atoms with Crippen LogP contribution in [0.2, 0.25) is 0 Å². The highest BCUT2D eigenvalue weighted by atomic mass is 79.9. The lowest BCUT2D eigenvalue weighted by Crippen LogP contribution is -2.13. The lowest BCUT2D eigenvalue weighted by atomic mass is 10.0. The van der Waals surface area contributed by atoms with E-state index in [9.17, 15) is 4.39 Å². The fourth-order valence-electron chi connectivity index (χ4n) is 1.69. The summed E-state index contributed by atoms with van der Waals surface area (Å²) < 4.78 is 16.2. The zero-order valence-electron chi connectivity index (χ0n) is 9.40. The Morgan fingerprint density at radius 3 is 2.88 bits per heavy atom. The van der Waals surface area contributed by atoms with Gasteiger partial charge >= 0.3 is 0 Å². The molecule has 1 atom stereocenters. The van der Waals surface area contributed by atoms with Gasteiger partial charge in [0.1, 0.15) is 5.82 Å². The second-order valence-corrected chi connectivity index (χ2v) is 4.60.